The van der Waals surface area contributed by atoms with Gasteiger partial charge in [0, 0.05) is 29.0 Å². The molecule has 12 atom stereocenters. The van der Waals surface area contributed by atoms with Crippen molar-refractivity contribution in [3.8, 4) is 0 Å². The highest BCUT2D eigenvalue weighted by molar-refractivity contribution is 7.84. The number of carbonyl (C=O) groups is 1. The molecule has 5 N–H and O–H groups in total. The van der Waals surface area contributed by atoms with Gasteiger partial charge in [-0.25, -0.2) is 0 Å². The van der Waals surface area contributed by atoms with E-state index < -0.39 is 78.5 Å². The third kappa shape index (κ3) is 8.78. The van der Waals surface area contributed by atoms with E-state index in [0.29, 0.717) is 16.3 Å². The number of ether oxygens (including phenoxy) is 6. The van der Waals surface area contributed by atoms with Crippen molar-refractivity contribution < 1.29 is 57.9 Å². The molecular weight excluding hydrogens is 694 g/mol. The number of rotatable bonds is 11. The number of carbonyl (C=O) groups excluding carboxylic acids is 1. The molecule has 3 aliphatic rings. The van der Waals surface area contributed by atoms with Gasteiger partial charge in [-0.05, 0) is 23.3 Å². The third-order valence-corrected chi connectivity index (χ3v) is 10.3. The Kier molecular flexibility index (Phi) is 12.3. The summed E-state index contributed by atoms with van der Waals surface area (Å²) in [5.41, 5.74) is 2.50. The molecule has 1 amide bonds. The Balaban J connectivity index is 1.16. The van der Waals surface area contributed by atoms with E-state index in [1.54, 1.807) is 18.2 Å². The summed E-state index contributed by atoms with van der Waals surface area (Å²) in [6.45, 7) is 1.25. The minimum atomic E-state index is -1.65. The number of amides is 1. The van der Waals surface area contributed by atoms with Gasteiger partial charge in [0.2, 0.25) is 5.91 Å². The molecule has 50 heavy (non-hydrogen) atoms. The van der Waals surface area contributed by atoms with E-state index in [0.717, 1.165) is 11.1 Å². The third-order valence-electron chi connectivity index (χ3n) is 8.61. The fourth-order valence-electron chi connectivity index (χ4n) is 6.10. The number of benzene rings is 3. The van der Waals surface area contributed by atoms with Gasteiger partial charge < -0.3 is 54.2 Å². The zero-order valence-corrected chi connectivity index (χ0v) is 28.6. The molecule has 3 aromatic rings. The topological polar surface area (TPSA) is 182 Å². The lowest BCUT2D eigenvalue weighted by molar-refractivity contribution is -0.384. The number of nitrogens with one attached hydrogen (secondary N) is 1. The van der Waals surface area contributed by atoms with Gasteiger partial charge >= 0.3 is 0 Å². The summed E-state index contributed by atoms with van der Waals surface area (Å²) in [5, 5.41) is 47.7. The molecule has 0 spiro atoms. The van der Waals surface area contributed by atoms with Crippen molar-refractivity contribution in [3.05, 3.63) is 101 Å². The van der Waals surface area contributed by atoms with E-state index in [9.17, 15) is 29.4 Å². The van der Waals surface area contributed by atoms with Crippen LogP contribution >= 0.6 is 11.6 Å². The molecule has 0 aromatic heterocycles. The van der Waals surface area contributed by atoms with E-state index in [-0.39, 0.29) is 30.6 Å². The molecule has 3 saturated heterocycles. The number of aliphatic hydroxyl groups is 4. The largest absolute Gasteiger partial charge is 0.387 e. The summed E-state index contributed by atoms with van der Waals surface area (Å²) in [7, 11) is -1.53. The number of anilines is 1. The Morgan fingerprint density at radius 2 is 1.58 bits per heavy atom. The molecule has 6 rings (SSSR count). The van der Waals surface area contributed by atoms with E-state index in [1.165, 1.54) is 6.92 Å². The normalized spacial score (nSPS) is 33.3. The summed E-state index contributed by atoms with van der Waals surface area (Å²) in [4.78, 5) is 11.6. The lowest BCUT2D eigenvalue weighted by Gasteiger charge is -2.48. The second-order valence-electron chi connectivity index (χ2n) is 12.4. The molecule has 3 aromatic carbocycles. The Bertz CT molecular complexity index is 1600. The van der Waals surface area contributed by atoms with Gasteiger partial charge in [-0.3, -0.25) is 9.00 Å². The summed E-state index contributed by atoms with van der Waals surface area (Å²) in [6.07, 6.45) is -14.3. The Morgan fingerprint density at radius 3 is 2.30 bits per heavy atom. The maximum absolute atomic E-state index is 13.4. The average molecular weight is 734 g/mol. The van der Waals surface area contributed by atoms with Crippen molar-refractivity contribution in [1.29, 1.82) is 0 Å². The number of aliphatic hydroxyl groups excluding tert-OH is 4. The number of hydrogen-bond donors (Lipinski definition) is 5. The first-order chi connectivity index (χ1) is 24.1. The molecule has 0 aliphatic carbocycles. The molecule has 15 heteroatoms. The van der Waals surface area contributed by atoms with Crippen LogP contribution in [0.15, 0.2) is 78.9 Å². The predicted molar refractivity (Wildman–Crippen MR) is 180 cm³/mol. The molecule has 3 fully saturated rings. The molecule has 0 radical (unpaired) electrons. The van der Waals surface area contributed by atoms with Crippen molar-refractivity contribution in [3.63, 3.8) is 0 Å². The van der Waals surface area contributed by atoms with Crippen LogP contribution in [0.1, 0.15) is 29.9 Å². The van der Waals surface area contributed by atoms with Gasteiger partial charge in [-0.15, -0.1) is 0 Å². The molecule has 3 aliphatic heterocycles. The van der Waals surface area contributed by atoms with Crippen molar-refractivity contribution in [2.75, 3.05) is 17.7 Å². The van der Waals surface area contributed by atoms with Gasteiger partial charge in [0.25, 0.3) is 0 Å². The molecule has 0 bridgehead atoms. The van der Waals surface area contributed by atoms with Crippen LogP contribution in [0.2, 0.25) is 5.02 Å². The molecular formula is C35H40ClNO12S. The van der Waals surface area contributed by atoms with E-state index in [2.05, 4.69) is 5.32 Å². The molecule has 0 saturated carbocycles. The van der Waals surface area contributed by atoms with E-state index in [1.807, 2.05) is 60.7 Å². The monoisotopic (exact) mass is 733 g/mol. The highest BCUT2D eigenvalue weighted by Gasteiger charge is 2.53. The number of fused-ring (bicyclic) bond motifs is 1. The summed E-state index contributed by atoms with van der Waals surface area (Å²) in [6, 6.07) is 23.2. The minimum absolute atomic E-state index is 0.00893. The van der Waals surface area contributed by atoms with Crippen molar-refractivity contribution in [2.24, 2.45) is 0 Å². The number of hydrogen-bond acceptors (Lipinski definition) is 12. The van der Waals surface area contributed by atoms with Gasteiger partial charge in [0.1, 0.15) is 48.8 Å². The smallest absolute Gasteiger partial charge is 0.221 e. The summed E-state index contributed by atoms with van der Waals surface area (Å²) < 4.78 is 49.3. The highest BCUT2D eigenvalue weighted by Crippen LogP contribution is 2.36. The van der Waals surface area contributed by atoms with Crippen molar-refractivity contribution in [1.82, 2.24) is 0 Å². The maximum atomic E-state index is 13.4. The average Bonchev–Trinajstić information content (AvgIpc) is 3.11. The van der Waals surface area contributed by atoms with Gasteiger partial charge in [-0.1, -0.05) is 78.3 Å². The van der Waals surface area contributed by atoms with Crippen LogP contribution < -0.4 is 5.32 Å². The maximum Gasteiger partial charge on any atom is 0.221 e. The first kappa shape index (κ1) is 36.9. The van der Waals surface area contributed by atoms with Crippen LogP contribution in [-0.2, 0) is 56.4 Å². The fourth-order valence-corrected chi connectivity index (χ4v) is 7.58. The minimum Gasteiger partial charge on any atom is -0.387 e. The first-order valence-electron chi connectivity index (χ1n) is 16.1. The molecule has 2 unspecified atom stereocenters. The van der Waals surface area contributed by atoms with Crippen LogP contribution in [0.4, 0.5) is 5.69 Å². The second-order valence-corrected chi connectivity index (χ2v) is 14.3. The highest BCUT2D eigenvalue weighted by atomic mass is 35.5. The van der Waals surface area contributed by atoms with Crippen LogP contribution in [-0.4, -0.2) is 104 Å². The Labute approximate surface area is 296 Å². The molecule has 270 valence electrons. The fraction of sp³-hybridized carbons (Fsp3) is 0.457. The zero-order chi connectivity index (χ0) is 35.4. The van der Waals surface area contributed by atoms with Gasteiger partial charge in [-0.2, -0.15) is 0 Å². The molecule has 3 heterocycles. The predicted octanol–water partition coefficient (Wildman–Crippen LogP) is 2.16. The van der Waals surface area contributed by atoms with Crippen molar-refractivity contribution in [2.45, 2.75) is 87.0 Å². The van der Waals surface area contributed by atoms with E-state index >= 15 is 0 Å². The first-order valence-corrected chi connectivity index (χ1v) is 18.0. The SMILES string of the molecule is CC(=O)Nc1cc(CO[C@@H]2O[C@H](CS(=O)Cc3ccccc3)[C@@H](O[C@H]3O[C@@H]4COC(c5ccccc5)O[C@H]4[C@H](O)[C@H]3O)[C@H](O)[C@H]2O)ccc1Cl. The summed E-state index contributed by atoms with van der Waals surface area (Å²) >= 11 is 6.19. The standard InChI is InChI=1S/C35H40ClNO12S/c1-19(38)37-24-14-21(12-13-23(24)36)15-44-34-29(41)27(39)32(26(47-34)18-50(43)17-20-8-4-2-5-9-20)49-35-30(42)28(40)31-25(46-35)16-45-33(48-31)22-10-6-3-7-11-22/h2-14,25-35,39-42H,15-18H2,1H3,(H,37,38)/t25-,26-,27-,28-,29-,30-,31-,32-,33?,34-,35-,50?/m1/s1. The Morgan fingerprint density at radius 1 is 0.880 bits per heavy atom. The Hall–Kier alpha value is -2.83. The van der Waals surface area contributed by atoms with Crippen LogP contribution in [0, 0.1) is 0 Å². The molecule has 13 nitrogen and oxygen atoms in total. The summed E-state index contributed by atoms with van der Waals surface area (Å²) in [5.74, 6) is -0.276. The van der Waals surface area contributed by atoms with Gasteiger partial charge in [0.15, 0.2) is 18.9 Å². The van der Waals surface area contributed by atoms with Crippen LogP contribution in [0.3, 0.4) is 0 Å². The zero-order valence-electron chi connectivity index (χ0n) is 27.0. The van der Waals surface area contributed by atoms with E-state index in [4.69, 9.17) is 40.0 Å². The lowest BCUT2D eigenvalue weighted by Crippen LogP contribution is -2.66. The lowest BCUT2D eigenvalue weighted by atomic mass is 9.96. The van der Waals surface area contributed by atoms with Crippen molar-refractivity contribution >= 4 is 34.0 Å². The quantitative estimate of drug-likeness (QED) is 0.194. The number of halogens is 1. The van der Waals surface area contributed by atoms with Crippen LogP contribution in [0.5, 0.6) is 0 Å². The van der Waals surface area contributed by atoms with Gasteiger partial charge in [0.05, 0.1) is 29.7 Å². The second kappa shape index (κ2) is 16.7. The van der Waals surface area contributed by atoms with Crippen LogP contribution in [0.25, 0.3) is 0 Å².